The first-order valence-electron chi connectivity index (χ1n) is 11.7. The molecule has 1 aliphatic heterocycles. The number of nitrogens with zero attached hydrogens (tertiary/aromatic N) is 4. The minimum absolute atomic E-state index is 0.0428. The van der Waals surface area contributed by atoms with Crippen molar-refractivity contribution in [2.24, 2.45) is 0 Å². The van der Waals surface area contributed by atoms with Crippen LogP contribution in [0.4, 0.5) is 22.0 Å². The van der Waals surface area contributed by atoms with Crippen molar-refractivity contribution in [1.82, 2.24) is 24.6 Å². The van der Waals surface area contributed by atoms with Gasteiger partial charge in [-0.05, 0) is 42.8 Å². The number of rotatable bonds is 7. The maximum absolute atomic E-state index is 14.7. The van der Waals surface area contributed by atoms with E-state index in [1.165, 1.54) is 13.0 Å². The normalized spacial score (nSPS) is 19.9. The Morgan fingerprint density at radius 2 is 1.75 bits per heavy atom. The summed E-state index contributed by atoms with van der Waals surface area (Å²) >= 11 is 0. The molecule has 4 rings (SSSR count). The maximum atomic E-state index is 14.7. The van der Waals surface area contributed by atoms with Gasteiger partial charge in [0.15, 0.2) is 0 Å². The van der Waals surface area contributed by atoms with E-state index in [1.807, 2.05) is 0 Å². The fourth-order valence-corrected chi connectivity index (χ4v) is 6.06. The van der Waals surface area contributed by atoms with Crippen LogP contribution in [-0.2, 0) is 27.5 Å². The van der Waals surface area contributed by atoms with Crippen molar-refractivity contribution in [1.29, 1.82) is 0 Å². The molecule has 40 heavy (non-hydrogen) atoms. The van der Waals surface area contributed by atoms with Gasteiger partial charge in [0, 0.05) is 42.6 Å². The van der Waals surface area contributed by atoms with E-state index in [9.17, 15) is 45.2 Å². The molecule has 0 aliphatic carbocycles. The summed E-state index contributed by atoms with van der Waals surface area (Å²) in [5.41, 5.74) is 0.0158. The standard InChI is InChI=1S/C23H21BF5N5O5S/c1-12-18(26)7-20(34(12)40(38,39)16-4-2-15(25)3-5-16)21(35)31-8-13-6-19(30-11-17(13)24(36)37)14-9-32-22(33-10-14)23(27,28)29/h2-6,9-12,18,20,36-37H,7-8H2,1H3,(H,31,35)/t12-,18-,20-/m1/s1. The fraction of sp³-hybridized carbons (Fsp3) is 0.304. The smallest absolute Gasteiger partial charge is 0.423 e. The van der Waals surface area contributed by atoms with Gasteiger partial charge < -0.3 is 15.4 Å². The Balaban J connectivity index is 1.58. The van der Waals surface area contributed by atoms with E-state index in [0.29, 0.717) is 4.31 Å². The predicted octanol–water partition coefficient (Wildman–Crippen LogP) is 1.18. The molecule has 1 saturated heterocycles. The van der Waals surface area contributed by atoms with Gasteiger partial charge in [0.1, 0.15) is 18.0 Å². The van der Waals surface area contributed by atoms with Crippen molar-refractivity contribution >= 4 is 28.5 Å². The van der Waals surface area contributed by atoms with Gasteiger partial charge >= 0.3 is 13.3 Å². The van der Waals surface area contributed by atoms with E-state index in [4.69, 9.17) is 0 Å². The Hall–Kier alpha value is -3.54. The average molecular weight is 585 g/mol. The summed E-state index contributed by atoms with van der Waals surface area (Å²) in [5, 5.41) is 21.9. The van der Waals surface area contributed by atoms with Gasteiger partial charge in [-0.15, -0.1) is 0 Å². The first-order valence-corrected chi connectivity index (χ1v) is 13.1. The molecule has 0 spiro atoms. The van der Waals surface area contributed by atoms with Crippen LogP contribution in [0.2, 0.25) is 0 Å². The Kier molecular flexibility index (Phi) is 8.21. The maximum Gasteiger partial charge on any atom is 0.490 e. The lowest BCUT2D eigenvalue weighted by atomic mass is 9.78. The molecular formula is C23H21BF5N5O5S. The number of hydrogen-bond acceptors (Lipinski definition) is 8. The molecule has 1 fully saturated rings. The molecule has 1 aromatic carbocycles. The number of halogens is 5. The van der Waals surface area contributed by atoms with E-state index in [0.717, 1.165) is 42.9 Å². The Morgan fingerprint density at radius 1 is 1.12 bits per heavy atom. The summed E-state index contributed by atoms with van der Waals surface area (Å²) < 4.78 is 93.5. The molecule has 0 saturated carbocycles. The minimum Gasteiger partial charge on any atom is -0.423 e. The van der Waals surface area contributed by atoms with Gasteiger partial charge in [0.2, 0.25) is 21.8 Å². The molecule has 0 radical (unpaired) electrons. The van der Waals surface area contributed by atoms with Crippen LogP contribution >= 0.6 is 0 Å². The highest BCUT2D eigenvalue weighted by Crippen LogP contribution is 2.33. The fourth-order valence-electron chi connectivity index (χ4n) is 4.25. The zero-order chi connectivity index (χ0) is 29.4. The molecule has 0 bridgehead atoms. The highest BCUT2D eigenvalue weighted by atomic mass is 32.2. The Bertz CT molecular complexity index is 1490. The van der Waals surface area contributed by atoms with Crippen LogP contribution in [0.25, 0.3) is 11.3 Å². The van der Waals surface area contributed by atoms with E-state index in [2.05, 4.69) is 20.3 Å². The minimum atomic E-state index is -4.76. The van der Waals surface area contributed by atoms with Crippen molar-refractivity contribution < 1.29 is 45.2 Å². The first kappa shape index (κ1) is 29.4. The lowest BCUT2D eigenvalue weighted by molar-refractivity contribution is -0.145. The Morgan fingerprint density at radius 3 is 2.33 bits per heavy atom. The molecule has 3 heterocycles. The molecular weight excluding hydrogens is 564 g/mol. The van der Waals surface area contributed by atoms with Crippen molar-refractivity contribution in [3.63, 3.8) is 0 Å². The summed E-state index contributed by atoms with van der Waals surface area (Å²) in [6.45, 7) is 0.885. The second kappa shape index (κ2) is 11.2. The van der Waals surface area contributed by atoms with Crippen molar-refractivity contribution in [2.75, 3.05) is 0 Å². The van der Waals surface area contributed by atoms with E-state index in [1.54, 1.807) is 0 Å². The molecule has 2 aromatic heterocycles. The van der Waals surface area contributed by atoms with Gasteiger partial charge in [-0.1, -0.05) is 0 Å². The van der Waals surface area contributed by atoms with Crippen LogP contribution < -0.4 is 10.8 Å². The topological polar surface area (TPSA) is 146 Å². The van der Waals surface area contributed by atoms with Crippen molar-refractivity contribution in [3.8, 4) is 11.3 Å². The number of aromatic nitrogens is 3. The number of benzene rings is 1. The van der Waals surface area contributed by atoms with Crippen LogP contribution in [0.15, 0.2) is 53.8 Å². The molecule has 212 valence electrons. The molecule has 1 amide bonds. The van der Waals surface area contributed by atoms with E-state index < -0.39 is 72.1 Å². The zero-order valence-corrected chi connectivity index (χ0v) is 21.4. The summed E-state index contributed by atoms with van der Waals surface area (Å²) in [6, 6.07) is 2.38. The SMILES string of the molecule is C[C@@H]1[C@H](F)C[C@H](C(=O)NCc2cc(-c3cnc(C(F)(F)F)nc3)ncc2B(O)O)N1S(=O)(=O)c1ccc(F)cc1. The second-order valence-corrected chi connectivity index (χ2v) is 10.8. The number of pyridine rings is 1. The highest BCUT2D eigenvalue weighted by molar-refractivity contribution is 7.89. The lowest BCUT2D eigenvalue weighted by Crippen LogP contribution is -2.48. The number of carbonyl (C=O) groups is 1. The zero-order valence-electron chi connectivity index (χ0n) is 20.5. The van der Waals surface area contributed by atoms with Crippen molar-refractivity contribution in [3.05, 3.63) is 66.1 Å². The van der Waals surface area contributed by atoms with Crippen LogP contribution in [0.3, 0.4) is 0 Å². The van der Waals surface area contributed by atoms with Gasteiger partial charge in [0.05, 0.1) is 16.6 Å². The van der Waals surface area contributed by atoms with Crippen LogP contribution in [-0.4, -0.2) is 69.0 Å². The summed E-state index contributed by atoms with van der Waals surface area (Å²) in [4.78, 5) is 23.2. The summed E-state index contributed by atoms with van der Waals surface area (Å²) in [5.74, 6) is -2.96. The monoisotopic (exact) mass is 585 g/mol. The number of nitrogens with one attached hydrogen (secondary N) is 1. The number of alkyl halides is 4. The summed E-state index contributed by atoms with van der Waals surface area (Å²) in [6.07, 6.45) is -4.15. The largest absolute Gasteiger partial charge is 0.490 e. The van der Waals surface area contributed by atoms with Crippen molar-refractivity contribution in [2.45, 2.75) is 49.2 Å². The molecule has 1 aliphatic rings. The molecule has 10 nitrogen and oxygen atoms in total. The number of hydrogen-bond donors (Lipinski definition) is 3. The lowest BCUT2D eigenvalue weighted by Gasteiger charge is -2.27. The molecule has 3 N–H and O–H groups in total. The van der Waals surface area contributed by atoms with Gasteiger partial charge in [0.25, 0.3) is 0 Å². The van der Waals surface area contributed by atoms with Crippen LogP contribution in [0.1, 0.15) is 24.7 Å². The molecule has 0 unspecified atom stereocenters. The number of sulfonamides is 1. The third-order valence-electron chi connectivity index (χ3n) is 6.33. The third-order valence-corrected chi connectivity index (χ3v) is 8.34. The number of carbonyl (C=O) groups excluding carboxylic acids is 1. The number of amides is 1. The van der Waals surface area contributed by atoms with Crippen LogP contribution in [0, 0.1) is 5.82 Å². The molecule has 17 heteroatoms. The first-order chi connectivity index (χ1) is 18.7. The predicted molar refractivity (Wildman–Crippen MR) is 130 cm³/mol. The van der Waals surface area contributed by atoms with Gasteiger partial charge in [-0.2, -0.15) is 17.5 Å². The quantitative estimate of drug-likeness (QED) is 0.277. The molecule has 3 atom stereocenters. The van der Waals surface area contributed by atoms with E-state index >= 15 is 0 Å². The second-order valence-electron chi connectivity index (χ2n) is 8.95. The van der Waals surface area contributed by atoms with Gasteiger partial charge in [-0.25, -0.2) is 27.2 Å². The highest BCUT2D eigenvalue weighted by Gasteiger charge is 2.49. The van der Waals surface area contributed by atoms with Gasteiger partial charge in [-0.3, -0.25) is 9.78 Å². The van der Waals surface area contributed by atoms with E-state index in [-0.39, 0.29) is 27.2 Å². The average Bonchev–Trinajstić information content (AvgIpc) is 3.21. The summed E-state index contributed by atoms with van der Waals surface area (Å²) in [7, 11) is -6.46. The third kappa shape index (κ3) is 5.96. The molecule has 3 aromatic rings. The Labute approximate surface area is 225 Å². The van der Waals surface area contributed by atoms with Crippen LogP contribution in [0.5, 0.6) is 0 Å².